The number of likely N-dealkylation sites (N-methyl/N-ethyl adjacent to an activating group) is 1. The molecule has 2 atom stereocenters. The van der Waals surface area contributed by atoms with Gasteiger partial charge in [-0.25, -0.2) is 0 Å². The second-order valence-electron chi connectivity index (χ2n) is 7.30. The molecule has 0 bridgehead atoms. The van der Waals surface area contributed by atoms with Crippen molar-refractivity contribution in [3.63, 3.8) is 0 Å². The summed E-state index contributed by atoms with van der Waals surface area (Å²) in [6, 6.07) is 5.57. The lowest BCUT2D eigenvalue weighted by Crippen LogP contribution is -2.52. The van der Waals surface area contributed by atoms with Gasteiger partial charge in [-0.15, -0.1) is 0 Å². The van der Waals surface area contributed by atoms with E-state index in [0.717, 1.165) is 26.2 Å². The lowest BCUT2D eigenvalue weighted by molar-refractivity contribution is -0.123. The van der Waals surface area contributed by atoms with E-state index in [1.807, 2.05) is 4.90 Å². The number of likely N-dealkylation sites (tertiary alicyclic amines) is 1. The number of fused-ring (bicyclic) bond motifs is 1. The topological polar surface area (TPSA) is 129 Å². The number of hydrogen-bond donors (Lipinski definition) is 2. The molecule has 0 radical (unpaired) electrons. The smallest absolute Gasteiger partial charge is 0.290 e. The molecule has 32 heavy (non-hydrogen) atoms. The Bertz CT molecular complexity index is 725. The Kier molecular flexibility index (Phi) is 12.1. The number of amides is 1. The quantitative estimate of drug-likeness (QED) is 0.574. The van der Waals surface area contributed by atoms with Gasteiger partial charge in [-0.1, -0.05) is 0 Å². The van der Waals surface area contributed by atoms with Gasteiger partial charge in [-0.2, -0.15) is 0 Å². The molecule has 3 rings (SSSR count). The summed E-state index contributed by atoms with van der Waals surface area (Å²) in [6.07, 6.45) is 0.0825. The molecular formula is C21H33N3O8. The monoisotopic (exact) mass is 455 g/mol. The highest BCUT2D eigenvalue weighted by molar-refractivity contribution is 5.97. The molecule has 2 N–H and O–H groups in total. The van der Waals surface area contributed by atoms with Crippen molar-refractivity contribution in [2.45, 2.75) is 12.1 Å². The Morgan fingerprint density at radius 3 is 2.41 bits per heavy atom. The summed E-state index contributed by atoms with van der Waals surface area (Å²) < 4.78 is 16.6. The molecule has 0 aromatic heterocycles. The van der Waals surface area contributed by atoms with Crippen molar-refractivity contribution in [1.82, 2.24) is 14.7 Å². The number of carboxylic acid groups (broad SMARTS) is 2. The number of hydrogen-bond acceptors (Lipinski definition) is 8. The van der Waals surface area contributed by atoms with Crippen LogP contribution in [-0.4, -0.2) is 124 Å². The van der Waals surface area contributed by atoms with Crippen LogP contribution in [-0.2, 0) is 14.3 Å². The van der Waals surface area contributed by atoms with Crippen LogP contribution >= 0.6 is 0 Å². The van der Waals surface area contributed by atoms with Crippen LogP contribution in [0.15, 0.2) is 18.2 Å². The van der Waals surface area contributed by atoms with Crippen LogP contribution < -0.4 is 9.47 Å². The molecule has 180 valence electrons. The van der Waals surface area contributed by atoms with Crippen molar-refractivity contribution in [1.29, 1.82) is 0 Å². The number of carbonyl (C=O) groups is 3. The molecule has 1 amide bonds. The second kappa shape index (κ2) is 14.2. The average molecular weight is 456 g/mol. The highest BCUT2D eigenvalue weighted by Gasteiger charge is 2.42. The van der Waals surface area contributed by atoms with Crippen LogP contribution in [0.5, 0.6) is 11.5 Å². The molecule has 2 fully saturated rings. The fourth-order valence-corrected chi connectivity index (χ4v) is 3.68. The van der Waals surface area contributed by atoms with Gasteiger partial charge in [-0.3, -0.25) is 19.3 Å². The molecule has 2 saturated heterocycles. The summed E-state index contributed by atoms with van der Waals surface area (Å²) in [7, 11) is 7.33. The van der Waals surface area contributed by atoms with Crippen LogP contribution in [0.25, 0.3) is 0 Å². The normalized spacial score (nSPS) is 19.6. The lowest BCUT2D eigenvalue weighted by atomic mass is 10.1. The number of benzene rings is 1. The Morgan fingerprint density at radius 2 is 1.84 bits per heavy atom. The molecule has 1 aromatic carbocycles. The third kappa shape index (κ3) is 7.66. The van der Waals surface area contributed by atoms with Crippen LogP contribution in [0.1, 0.15) is 10.4 Å². The summed E-state index contributed by atoms with van der Waals surface area (Å²) >= 11 is 0. The molecule has 0 aliphatic carbocycles. The largest absolute Gasteiger partial charge is 0.497 e. The minimum atomic E-state index is -0.250. The van der Waals surface area contributed by atoms with E-state index in [1.165, 1.54) is 0 Å². The van der Waals surface area contributed by atoms with Gasteiger partial charge in [-0.05, 0) is 26.2 Å². The summed E-state index contributed by atoms with van der Waals surface area (Å²) in [5.74, 6) is 1.19. The van der Waals surface area contributed by atoms with E-state index < -0.39 is 0 Å². The summed E-state index contributed by atoms with van der Waals surface area (Å²) in [5, 5.41) is 13.8. The maximum Gasteiger partial charge on any atom is 0.290 e. The number of ether oxygens (including phenoxy) is 3. The third-order valence-electron chi connectivity index (χ3n) is 5.18. The van der Waals surface area contributed by atoms with Gasteiger partial charge < -0.3 is 34.2 Å². The minimum absolute atomic E-state index is 0.0185. The number of morpholine rings is 1. The van der Waals surface area contributed by atoms with Gasteiger partial charge in [0.25, 0.3) is 18.9 Å². The predicted molar refractivity (Wildman–Crippen MR) is 116 cm³/mol. The number of methoxy groups -OCH3 is 2. The first-order chi connectivity index (χ1) is 15.4. The molecule has 11 nitrogen and oxygen atoms in total. The zero-order valence-electron chi connectivity index (χ0n) is 19.0. The SMILES string of the molecule is COc1ccc(C(=O)N2CC3OCCN(CCN(C)C)C3C2)c(OC)c1.O=CO.O=CO. The van der Waals surface area contributed by atoms with Gasteiger partial charge in [0.1, 0.15) is 11.5 Å². The van der Waals surface area contributed by atoms with Gasteiger partial charge in [0.2, 0.25) is 0 Å². The number of rotatable bonds is 6. The second-order valence-corrected chi connectivity index (χ2v) is 7.30. The van der Waals surface area contributed by atoms with E-state index in [1.54, 1.807) is 32.4 Å². The minimum Gasteiger partial charge on any atom is -0.497 e. The fraction of sp³-hybridized carbons (Fsp3) is 0.571. The van der Waals surface area contributed by atoms with E-state index in [-0.39, 0.29) is 31.0 Å². The first-order valence-corrected chi connectivity index (χ1v) is 10.0. The van der Waals surface area contributed by atoms with Gasteiger partial charge in [0.15, 0.2) is 0 Å². The van der Waals surface area contributed by atoms with Crippen LogP contribution in [0.2, 0.25) is 0 Å². The number of carbonyl (C=O) groups excluding carboxylic acids is 1. The van der Waals surface area contributed by atoms with Crippen molar-refractivity contribution in [3.05, 3.63) is 23.8 Å². The fourth-order valence-electron chi connectivity index (χ4n) is 3.68. The van der Waals surface area contributed by atoms with E-state index in [0.29, 0.717) is 30.2 Å². The molecule has 1 aromatic rings. The van der Waals surface area contributed by atoms with Crippen molar-refractivity contribution in [2.24, 2.45) is 0 Å². The molecule has 11 heteroatoms. The predicted octanol–water partition coefficient (Wildman–Crippen LogP) is 0.192. The molecule has 2 aliphatic rings. The first-order valence-electron chi connectivity index (χ1n) is 10.0. The standard InChI is InChI=1S/C19H29N3O4.2CH2O2/c1-20(2)7-8-21-9-10-26-18-13-22(12-16(18)21)19(23)15-6-5-14(24-3)11-17(15)25-4;2*2-1-3/h5-6,11,16,18H,7-10,12-13H2,1-4H3;2*1H,(H,2,3). The Balaban J connectivity index is 0.000000769. The summed E-state index contributed by atoms with van der Waals surface area (Å²) in [5.41, 5.74) is 0.562. The van der Waals surface area contributed by atoms with Crippen molar-refractivity contribution in [2.75, 3.05) is 67.6 Å². The lowest BCUT2D eigenvalue weighted by Gasteiger charge is -2.37. The Morgan fingerprint density at radius 1 is 1.19 bits per heavy atom. The summed E-state index contributed by atoms with van der Waals surface area (Å²) in [6.45, 7) is 4.45. The Hall–Kier alpha value is -2.89. The molecular weight excluding hydrogens is 422 g/mol. The van der Waals surface area contributed by atoms with E-state index in [4.69, 9.17) is 34.0 Å². The molecule has 2 aliphatic heterocycles. The van der Waals surface area contributed by atoms with Crippen LogP contribution in [0, 0.1) is 0 Å². The van der Waals surface area contributed by atoms with Gasteiger partial charge in [0.05, 0.1) is 38.5 Å². The molecule has 0 spiro atoms. The zero-order valence-corrected chi connectivity index (χ0v) is 19.0. The third-order valence-corrected chi connectivity index (χ3v) is 5.18. The van der Waals surface area contributed by atoms with E-state index >= 15 is 0 Å². The molecule has 2 unspecified atom stereocenters. The maximum atomic E-state index is 13.1. The molecule has 0 saturated carbocycles. The summed E-state index contributed by atoms with van der Waals surface area (Å²) in [4.78, 5) is 36.3. The maximum absolute atomic E-state index is 13.1. The number of nitrogens with zero attached hydrogens (tertiary/aromatic N) is 3. The highest BCUT2D eigenvalue weighted by Crippen LogP contribution is 2.29. The average Bonchev–Trinajstić information content (AvgIpc) is 3.22. The Labute approximate surface area is 188 Å². The first kappa shape index (κ1) is 27.1. The van der Waals surface area contributed by atoms with Crippen LogP contribution in [0.3, 0.4) is 0 Å². The van der Waals surface area contributed by atoms with Crippen molar-refractivity contribution in [3.8, 4) is 11.5 Å². The molecule has 2 heterocycles. The van der Waals surface area contributed by atoms with E-state index in [9.17, 15) is 4.79 Å². The van der Waals surface area contributed by atoms with Crippen molar-refractivity contribution >= 4 is 18.9 Å². The van der Waals surface area contributed by atoms with Crippen LogP contribution in [0.4, 0.5) is 0 Å². The van der Waals surface area contributed by atoms with Crippen molar-refractivity contribution < 1.29 is 38.8 Å². The van der Waals surface area contributed by atoms with Gasteiger partial charge in [0, 0.05) is 38.8 Å². The zero-order chi connectivity index (χ0) is 24.1. The van der Waals surface area contributed by atoms with E-state index in [2.05, 4.69) is 23.9 Å². The highest BCUT2D eigenvalue weighted by atomic mass is 16.5. The van der Waals surface area contributed by atoms with Gasteiger partial charge >= 0.3 is 0 Å².